The molecule has 0 aliphatic carbocycles. The average molecular weight is 301 g/mol. The highest BCUT2D eigenvalue weighted by molar-refractivity contribution is 5.26. The van der Waals surface area contributed by atoms with Crippen molar-refractivity contribution in [3.63, 3.8) is 0 Å². The zero-order valence-electron chi connectivity index (χ0n) is 11.8. The van der Waals surface area contributed by atoms with Gasteiger partial charge in [-0.3, -0.25) is 9.36 Å². The molecule has 1 aromatic heterocycles. The van der Waals surface area contributed by atoms with E-state index in [4.69, 9.17) is 4.74 Å². The lowest BCUT2D eigenvalue weighted by atomic mass is 9.92. The molecule has 0 amide bonds. The van der Waals surface area contributed by atoms with Gasteiger partial charge in [0.2, 0.25) is 0 Å². The normalized spacial score (nSPS) is 33.1. The summed E-state index contributed by atoms with van der Waals surface area (Å²) in [5, 5.41) is 41.5. The fraction of sp³-hybridized carbons (Fsp3) is 0.667. The Bertz CT molecular complexity index is 665. The molecule has 1 aliphatic heterocycles. The van der Waals surface area contributed by atoms with Crippen molar-refractivity contribution in [1.29, 1.82) is 0 Å². The number of aliphatic hydroxyl groups is 3. The van der Waals surface area contributed by atoms with Crippen molar-refractivity contribution in [2.24, 2.45) is 14.1 Å². The van der Waals surface area contributed by atoms with Gasteiger partial charge >= 0.3 is 5.69 Å². The van der Waals surface area contributed by atoms with Crippen molar-refractivity contribution in [1.82, 2.24) is 9.13 Å². The molecule has 0 bridgehead atoms. The van der Waals surface area contributed by atoms with Gasteiger partial charge in [0.05, 0.1) is 11.7 Å². The van der Waals surface area contributed by atoms with Crippen LogP contribution < -0.4 is 16.4 Å². The van der Waals surface area contributed by atoms with Crippen LogP contribution in [-0.2, 0) is 18.8 Å². The molecule has 1 fully saturated rings. The zero-order chi connectivity index (χ0) is 16.1. The topological polar surface area (TPSA) is 137 Å². The molecule has 9 nitrogen and oxygen atoms in total. The van der Waals surface area contributed by atoms with E-state index in [-0.39, 0.29) is 0 Å². The Hall–Kier alpha value is -1.68. The zero-order valence-corrected chi connectivity index (χ0v) is 11.8. The molecule has 9 heteroatoms. The van der Waals surface area contributed by atoms with Crippen LogP contribution in [0.1, 0.15) is 18.6 Å². The molecule has 118 valence electrons. The minimum Gasteiger partial charge on any atom is -0.860 e. The number of aromatic nitrogens is 2. The quantitative estimate of drug-likeness (QED) is 0.494. The maximum atomic E-state index is 12.1. The van der Waals surface area contributed by atoms with Crippen molar-refractivity contribution in [3.05, 3.63) is 26.4 Å². The van der Waals surface area contributed by atoms with Crippen LogP contribution in [0, 0.1) is 0 Å². The van der Waals surface area contributed by atoms with E-state index in [0.717, 1.165) is 9.13 Å². The third kappa shape index (κ3) is 2.27. The van der Waals surface area contributed by atoms with E-state index in [2.05, 4.69) is 0 Å². The highest BCUT2D eigenvalue weighted by Gasteiger charge is 2.43. The lowest BCUT2D eigenvalue weighted by molar-refractivity contribution is -0.286. The lowest BCUT2D eigenvalue weighted by Crippen LogP contribution is -2.55. The largest absolute Gasteiger partial charge is 0.860 e. The predicted octanol–water partition coefficient (Wildman–Crippen LogP) is -3.30. The number of hydrogen-bond acceptors (Lipinski definition) is 7. The molecular weight excluding hydrogens is 284 g/mol. The van der Waals surface area contributed by atoms with Crippen LogP contribution in [0.3, 0.4) is 0 Å². The minimum absolute atomic E-state index is 0.454. The molecule has 1 saturated heterocycles. The molecule has 1 aromatic rings. The van der Waals surface area contributed by atoms with Gasteiger partial charge in [0.15, 0.2) is 0 Å². The van der Waals surface area contributed by atoms with Crippen LogP contribution in [0.5, 0.6) is 5.88 Å². The number of hydrogen-bond donors (Lipinski definition) is 3. The first-order valence-electron chi connectivity index (χ1n) is 6.35. The monoisotopic (exact) mass is 301 g/mol. The molecule has 0 spiro atoms. The third-order valence-corrected chi connectivity index (χ3v) is 3.78. The van der Waals surface area contributed by atoms with Crippen molar-refractivity contribution >= 4 is 0 Å². The van der Waals surface area contributed by atoms with Crippen LogP contribution in [0.15, 0.2) is 9.59 Å². The van der Waals surface area contributed by atoms with Gasteiger partial charge in [0.25, 0.3) is 5.56 Å². The fourth-order valence-electron chi connectivity index (χ4n) is 2.38. The second-order valence-electron chi connectivity index (χ2n) is 5.16. The first-order chi connectivity index (χ1) is 9.68. The van der Waals surface area contributed by atoms with E-state index in [9.17, 15) is 30.0 Å². The Labute approximate surface area is 119 Å². The molecular formula is C12H17N2O7-. The summed E-state index contributed by atoms with van der Waals surface area (Å²) in [5.74, 6) is -0.900. The van der Waals surface area contributed by atoms with Crippen LogP contribution in [0.2, 0.25) is 0 Å². The van der Waals surface area contributed by atoms with E-state index in [1.54, 1.807) is 0 Å². The first-order valence-corrected chi connectivity index (χ1v) is 6.35. The predicted molar refractivity (Wildman–Crippen MR) is 67.7 cm³/mol. The van der Waals surface area contributed by atoms with Gasteiger partial charge < -0.3 is 29.7 Å². The standard InChI is InChI=1S/C12H18N2O7/c1-4-6(15)7(16)8(17)9(21-4)5-10(18)13(2)12(20)14(3)11(5)19/h4,6-9,15-18H,1-3H3/p-1/t4-,6-,7+,8+,9?/m0/s1. The second-order valence-corrected chi connectivity index (χ2v) is 5.16. The summed E-state index contributed by atoms with van der Waals surface area (Å²) < 4.78 is 6.72. The lowest BCUT2D eigenvalue weighted by Gasteiger charge is -2.40. The molecule has 0 saturated carbocycles. The highest BCUT2D eigenvalue weighted by Crippen LogP contribution is 2.32. The number of nitrogens with zero attached hydrogens (tertiary/aromatic N) is 2. The first kappa shape index (κ1) is 15.7. The Morgan fingerprint density at radius 2 is 1.62 bits per heavy atom. The molecule has 1 unspecified atom stereocenters. The number of ether oxygens (including phenoxy) is 1. The van der Waals surface area contributed by atoms with Gasteiger partial charge in [-0.05, 0) is 12.8 Å². The second kappa shape index (κ2) is 5.26. The van der Waals surface area contributed by atoms with Gasteiger partial charge in [-0.15, -0.1) is 0 Å². The summed E-state index contributed by atoms with van der Waals surface area (Å²) in [7, 11) is 2.38. The third-order valence-electron chi connectivity index (χ3n) is 3.78. The summed E-state index contributed by atoms with van der Waals surface area (Å²) in [4.78, 5) is 23.8. The minimum atomic E-state index is -1.66. The summed E-state index contributed by atoms with van der Waals surface area (Å²) in [6.07, 6.45) is -6.89. The highest BCUT2D eigenvalue weighted by atomic mass is 16.5. The van der Waals surface area contributed by atoms with Gasteiger partial charge in [-0.1, -0.05) is 0 Å². The van der Waals surface area contributed by atoms with E-state index in [1.165, 1.54) is 21.0 Å². The molecule has 2 rings (SSSR count). The number of aliphatic hydroxyl groups excluding tert-OH is 3. The molecule has 0 aromatic carbocycles. The van der Waals surface area contributed by atoms with E-state index in [0.29, 0.717) is 0 Å². The van der Waals surface area contributed by atoms with Crippen LogP contribution in [0.25, 0.3) is 0 Å². The van der Waals surface area contributed by atoms with Gasteiger partial charge in [0.1, 0.15) is 24.4 Å². The molecule has 0 radical (unpaired) electrons. The SMILES string of the molecule is C[C@@H]1OC(c2c([O-])n(C)c(=O)n(C)c2=O)[C@H](O)[C@H](O)[C@H]1O. The number of rotatable bonds is 1. The Morgan fingerprint density at radius 1 is 1.05 bits per heavy atom. The molecule has 3 N–H and O–H groups in total. The van der Waals surface area contributed by atoms with Gasteiger partial charge in [-0.2, -0.15) is 0 Å². The Morgan fingerprint density at radius 3 is 2.19 bits per heavy atom. The maximum Gasteiger partial charge on any atom is 0.329 e. The summed E-state index contributed by atoms with van der Waals surface area (Å²) >= 11 is 0. The smallest absolute Gasteiger partial charge is 0.329 e. The summed E-state index contributed by atoms with van der Waals surface area (Å²) in [6.45, 7) is 1.43. The fourth-order valence-corrected chi connectivity index (χ4v) is 2.38. The molecule has 5 atom stereocenters. The van der Waals surface area contributed by atoms with Crippen molar-refractivity contribution < 1.29 is 25.2 Å². The van der Waals surface area contributed by atoms with E-state index < -0.39 is 53.2 Å². The molecule has 1 aliphatic rings. The maximum absolute atomic E-state index is 12.1. The summed E-state index contributed by atoms with van der Waals surface area (Å²) in [5.41, 5.74) is -2.15. The average Bonchev–Trinajstić information content (AvgIpc) is 2.46. The van der Waals surface area contributed by atoms with Crippen LogP contribution in [-0.4, -0.2) is 48.9 Å². The van der Waals surface area contributed by atoms with E-state index >= 15 is 0 Å². The Balaban J connectivity index is 2.62. The Kier molecular flexibility index (Phi) is 3.93. The van der Waals surface area contributed by atoms with Gasteiger partial charge in [0, 0.05) is 14.1 Å². The van der Waals surface area contributed by atoms with Crippen LogP contribution >= 0.6 is 0 Å². The summed E-state index contributed by atoms with van der Waals surface area (Å²) in [6, 6.07) is 0. The van der Waals surface area contributed by atoms with Crippen molar-refractivity contribution in [2.45, 2.75) is 37.4 Å². The van der Waals surface area contributed by atoms with Crippen LogP contribution in [0.4, 0.5) is 0 Å². The van der Waals surface area contributed by atoms with Gasteiger partial charge in [-0.25, -0.2) is 4.79 Å². The molecule has 21 heavy (non-hydrogen) atoms. The van der Waals surface area contributed by atoms with Crippen molar-refractivity contribution in [3.8, 4) is 5.88 Å². The van der Waals surface area contributed by atoms with Crippen molar-refractivity contribution in [2.75, 3.05) is 0 Å². The molecule has 2 heterocycles. The van der Waals surface area contributed by atoms with E-state index in [1.807, 2.05) is 0 Å².